The van der Waals surface area contributed by atoms with Gasteiger partial charge in [0, 0.05) is 11.2 Å². The highest BCUT2D eigenvalue weighted by molar-refractivity contribution is 7.84. The summed E-state index contributed by atoms with van der Waals surface area (Å²) in [5.41, 5.74) is 0.805. The van der Waals surface area contributed by atoms with E-state index in [1.165, 1.54) is 7.11 Å². The summed E-state index contributed by atoms with van der Waals surface area (Å²) in [4.78, 5) is 23.0. The van der Waals surface area contributed by atoms with Crippen LogP contribution in [0.5, 0.6) is 5.75 Å². The Morgan fingerprint density at radius 1 is 1.11 bits per heavy atom. The van der Waals surface area contributed by atoms with Crippen molar-refractivity contribution >= 4 is 40.8 Å². The van der Waals surface area contributed by atoms with Gasteiger partial charge in [0.2, 0.25) is 0 Å². The molecule has 2 aromatic rings. The Morgan fingerprint density at radius 3 is 2.29 bits per heavy atom. The normalized spacial score (nSPS) is 15.6. The van der Waals surface area contributed by atoms with Crippen LogP contribution in [0.1, 0.15) is 32.3 Å². The molecule has 152 valence electrons. The molecule has 0 aromatic heterocycles. The number of methoxy groups -OCH3 is 1. The van der Waals surface area contributed by atoms with E-state index in [1.807, 2.05) is 6.07 Å². The lowest BCUT2D eigenvalue weighted by molar-refractivity contribution is -0.142. The van der Waals surface area contributed by atoms with E-state index in [-0.39, 0.29) is 17.6 Å². The lowest BCUT2D eigenvalue weighted by Gasteiger charge is -2.21. The number of ether oxygens (including phenoxy) is 1. The Balaban J connectivity index is 2.23. The first-order chi connectivity index (χ1) is 13.0. The van der Waals surface area contributed by atoms with Gasteiger partial charge in [0.15, 0.2) is 0 Å². The van der Waals surface area contributed by atoms with E-state index in [0.29, 0.717) is 0 Å². The van der Waals surface area contributed by atoms with Crippen molar-refractivity contribution < 1.29 is 28.5 Å². The van der Waals surface area contributed by atoms with Crippen LogP contribution < -0.4 is 9.61 Å². The summed E-state index contributed by atoms with van der Waals surface area (Å²) < 4.78 is 22.6. The number of carboxylic acids is 1. The highest BCUT2D eigenvalue weighted by Gasteiger charge is 2.32. The van der Waals surface area contributed by atoms with Gasteiger partial charge >= 0.3 is 18.8 Å². The Morgan fingerprint density at radius 2 is 1.71 bits per heavy atom. The Kier molecular flexibility index (Phi) is 7.10. The molecule has 0 saturated heterocycles. The summed E-state index contributed by atoms with van der Waals surface area (Å²) in [5, 5.41) is 13.2. The van der Waals surface area contributed by atoms with Crippen LogP contribution in [0.4, 0.5) is 0 Å². The van der Waals surface area contributed by atoms with Crippen molar-refractivity contribution in [2.75, 3.05) is 7.11 Å². The quantitative estimate of drug-likeness (QED) is 0.471. The van der Waals surface area contributed by atoms with E-state index in [1.54, 1.807) is 51.1 Å². The zero-order valence-corrected chi connectivity index (χ0v) is 17.7. The molecule has 2 aromatic carbocycles. The topological polar surface area (TPSA) is 102 Å². The maximum atomic E-state index is 12.5. The summed E-state index contributed by atoms with van der Waals surface area (Å²) >= 11 is 5.93. The summed E-state index contributed by atoms with van der Waals surface area (Å²) in [7, 11) is 1.34. The van der Waals surface area contributed by atoms with Gasteiger partial charge in [-0.05, 0) is 41.3 Å². The van der Waals surface area contributed by atoms with Crippen LogP contribution in [0.15, 0.2) is 36.4 Å². The molecule has 7 nitrogen and oxygen atoms in total. The fourth-order valence-corrected chi connectivity index (χ4v) is 4.43. The van der Waals surface area contributed by atoms with Crippen LogP contribution in [-0.2, 0) is 18.9 Å². The molecule has 0 bridgehead atoms. The fraction of sp³-hybridized carbons (Fsp3) is 0.368. The van der Waals surface area contributed by atoms with Gasteiger partial charge in [-0.15, -0.1) is 0 Å². The van der Waals surface area contributed by atoms with Gasteiger partial charge in [-0.3, -0.25) is 9.59 Å². The zero-order valence-electron chi connectivity index (χ0n) is 16.0. The third-order valence-electron chi connectivity index (χ3n) is 4.34. The molecule has 0 radical (unpaired) electrons. The molecular weight excluding hydrogens is 405 g/mol. The molecule has 0 fully saturated rings. The molecule has 3 atom stereocenters. The summed E-state index contributed by atoms with van der Waals surface area (Å²) in [6.07, 6.45) is 0. The Bertz CT molecular complexity index is 932. The molecule has 28 heavy (non-hydrogen) atoms. The number of carbonyl (C=O) groups is 2. The zero-order chi connectivity index (χ0) is 21.1. The second kappa shape index (κ2) is 8.95. The second-order valence-electron chi connectivity index (χ2n) is 6.77. The first kappa shape index (κ1) is 22.2. The number of fused-ring (bicyclic) bond motifs is 1. The third kappa shape index (κ3) is 5.47. The number of hydrogen-bond acceptors (Lipinski definition) is 5. The van der Waals surface area contributed by atoms with Gasteiger partial charge in [-0.25, -0.2) is 9.65 Å². The van der Waals surface area contributed by atoms with E-state index in [0.717, 1.165) is 16.3 Å². The van der Waals surface area contributed by atoms with E-state index < -0.39 is 24.8 Å². The van der Waals surface area contributed by atoms with Crippen molar-refractivity contribution in [3.05, 3.63) is 42.0 Å². The van der Waals surface area contributed by atoms with E-state index >= 15 is 0 Å². The van der Waals surface area contributed by atoms with Gasteiger partial charge < -0.3 is 14.4 Å². The third-order valence-corrected chi connectivity index (χ3v) is 5.87. The van der Waals surface area contributed by atoms with Gasteiger partial charge in [-0.1, -0.05) is 38.1 Å². The molecule has 2 N–H and O–H groups in total. The molecule has 0 aliphatic heterocycles. The number of rotatable bonds is 8. The van der Waals surface area contributed by atoms with Gasteiger partial charge in [0.25, 0.3) is 0 Å². The molecule has 0 saturated carbocycles. The molecule has 9 heteroatoms. The van der Waals surface area contributed by atoms with Crippen molar-refractivity contribution in [1.82, 2.24) is 5.09 Å². The Labute approximate surface area is 168 Å². The van der Waals surface area contributed by atoms with Gasteiger partial charge in [0.1, 0.15) is 11.8 Å². The monoisotopic (exact) mass is 427 g/mol. The first-order valence-corrected chi connectivity index (χ1v) is 11.2. The summed E-state index contributed by atoms with van der Waals surface area (Å²) in [6, 6.07) is 9.32. The maximum Gasteiger partial charge on any atom is 0.409 e. The van der Waals surface area contributed by atoms with E-state index in [2.05, 4.69) is 5.09 Å². The number of nitrogens with one attached hydrogen (secondary N) is 1. The average molecular weight is 428 g/mol. The molecule has 1 unspecified atom stereocenters. The number of halogens is 1. The molecular formula is C19H23ClNO6P. The van der Waals surface area contributed by atoms with E-state index in [9.17, 15) is 19.3 Å². The highest BCUT2D eigenvalue weighted by Crippen LogP contribution is 2.49. The number of carboxylic acid groups (broad SMARTS) is 1. The van der Waals surface area contributed by atoms with Crippen LogP contribution >= 0.6 is 18.1 Å². The lowest BCUT2D eigenvalue weighted by atomic mass is 9.98. The van der Waals surface area contributed by atoms with Crippen molar-refractivity contribution in [2.24, 2.45) is 5.92 Å². The minimum Gasteiger partial charge on any atom is -0.480 e. The molecule has 0 aliphatic carbocycles. The smallest absolute Gasteiger partial charge is 0.409 e. The predicted octanol–water partition coefficient (Wildman–Crippen LogP) is 4.54. The molecule has 0 aliphatic rings. The standard InChI is InChI=1S/C19H23ClNO6P/c1-11(2)17(18(22)23)21-28(20,25)27-16-8-7-14-9-13(5-6-15(14)10-16)12(3)19(24)26-4/h5-12,17H,1-4H3,(H,21,25)(H,22,23)/t12-,17-,28?/m0/s1. The number of esters is 1. The van der Waals surface area contributed by atoms with Gasteiger partial charge in [-0.2, -0.15) is 0 Å². The average Bonchev–Trinajstić information content (AvgIpc) is 2.63. The fourth-order valence-electron chi connectivity index (χ4n) is 2.70. The Hall–Kier alpha value is -2.08. The largest absolute Gasteiger partial charge is 0.480 e. The van der Waals surface area contributed by atoms with Crippen molar-refractivity contribution in [3.8, 4) is 5.75 Å². The summed E-state index contributed by atoms with van der Waals surface area (Å²) in [5.74, 6) is -1.99. The van der Waals surface area contributed by atoms with Crippen molar-refractivity contribution in [1.29, 1.82) is 0 Å². The first-order valence-electron chi connectivity index (χ1n) is 8.65. The predicted molar refractivity (Wildman–Crippen MR) is 108 cm³/mol. The van der Waals surface area contributed by atoms with Crippen LogP contribution in [0.2, 0.25) is 0 Å². The van der Waals surface area contributed by atoms with Crippen molar-refractivity contribution in [3.63, 3.8) is 0 Å². The number of aliphatic carboxylic acids is 1. The second-order valence-corrected chi connectivity index (χ2v) is 9.51. The highest BCUT2D eigenvalue weighted by atomic mass is 35.7. The van der Waals surface area contributed by atoms with Crippen LogP contribution in [0, 0.1) is 5.92 Å². The van der Waals surface area contributed by atoms with Crippen molar-refractivity contribution in [2.45, 2.75) is 32.7 Å². The van der Waals surface area contributed by atoms with Gasteiger partial charge in [0.05, 0.1) is 13.0 Å². The lowest BCUT2D eigenvalue weighted by Crippen LogP contribution is -2.38. The number of hydrogen-bond donors (Lipinski definition) is 2. The molecule has 0 spiro atoms. The molecule has 0 amide bonds. The molecule has 2 rings (SSSR count). The maximum absolute atomic E-state index is 12.5. The van der Waals surface area contributed by atoms with Crippen LogP contribution in [-0.4, -0.2) is 30.2 Å². The van der Waals surface area contributed by atoms with Crippen LogP contribution in [0.25, 0.3) is 10.8 Å². The van der Waals surface area contributed by atoms with E-state index in [4.69, 9.17) is 20.5 Å². The minimum atomic E-state index is -3.92. The number of benzene rings is 2. The van der Waals surface area contributed by atoms with Crippen LogP contribution in [0.3, 0.4) is 0 Å². The molecule has 0 heterocycles. The minimum absolute atomic E-state index is 0.236. The SMILES string of the molecule is COC(=O)[C@@H](C)c1ccc2cc(OP(=O)(Cl)N[C@H](C(=O)O)C(C)C)ccc2c1. The number of carbonyl (C=O) groups excluding carboxylic acids is 1. The summed E-state index contributed by atoms with van der Waals surface area (Å²) in [6.45, 7) is 1.18.